The van der Waals surface area contributed by atoms with Crippen molar-refractivity contribution in [2.24, 2.45) is 0 Å². The van der Waals surface area contributed by atoms with Gasteiger partial charge in [-0.15, -0.1) is 11.8 Å². The van der Waals surface area contributed by atoms with Gasteiger partial charge in [0.25, 0.3) is 0 Å². The van der Waals surface area contributed by atoms with Crippen molar-refractivity contribution in [2.45, 2.75) is 46.2 Å². The van der Waals surface area contributed by atoms with Crippen LogP contribution in [0.5, 0.6) is 0 Å². The van der Waals surface area contributed by atoms with Crippen LogP contribution in [0.2, 0.25) is 0 Å². The van der Waals surface area contributed by atoms with Crippen LogP contribution in [-0.4, -0.2) is 26.6 Å². The van der Waals surface area contributed by atoms with Gasteiger partial charge in [0.05, 0.1) is 28.4 Å². The van der Waals surface area contributed by atoms with E-state index in [9.17, 15) is 18.0 Å². The van der Waals surface area contributed by atoms with Crippen LogP contribution in [0, 0.1) is 27.7 Å². The summed E-state index contributed by atoms with van der Waals surface area (Å²) in [5, 5.41) is 10.7. The minimum Gasteiger partial charge on any atom is -0.361 e. The molecule has 10 heteroatoms. The molecule has 2 aromatic heterocycles. The zero-order chi connectivity index (χ0) is 22.8. The Morgan fingerprint density at radius 3 is 2.52 bits per heavy atom. The van der Waals surface area contributed by atoms with Crippen molar-refractivity contribution in [1.82, 2.24) is 20.3 Å². The monoisotopic (exact) mass is 452 g/mol. The number of halogens is 3. The molecule has 0 aliphatic rings. The van der Waals surface area contributed by atoms with Gasteiger partial charge >= 0.3 is 6.18 Å². The molecule has 166 valence electrons. The molecule has 2 heterocycles. The van der Waals surface area contributed by atoms with E-state index in [2.05, 4.69) is 15.6 Å². The highest BCUT2D eigenvalue weighted by atomic mass is 32.2. The Morgan fingerprint density at radius 1 is 1.19 bits per heavy atom. The number of amides is 1. The van der Waals surface area contributed by atoms with Gasteiger partial charge in [-0.1, -0.05) is 11.2 Å². The van der Waals surface area contributed by atoms with E-state index in [-0.39, 0.29) is 23.8 Å². The SMILES string of the molecule is Cc1cc(C)n(-c2ccc(CNC(=O)CSCc3c(C)noc3C)c(C(F)(F)F)c2)n1. The van der Waals surface area contributed by atoms with Gasteiger partial charge in [0.2, 0.25) is 5.91 Å². The lowest BCUT2D eigenvalue weighted by Crippen LogP contribution is -2.26. The summed E-state index contributed by atoms with van der Waals surface area (Å²) in [5.74, 6) is 1.02. The molecule has 0 unspecified atom stereocenters. The van der Waals surface area contributed by atoms with Crippen LogP contribution in [0.3, 0.4) is 0 Å². The first-order valence-corrected chi connectivity index (χ1v) is 10.7. The Bertz CT molecular complexity index is 1070. The van der Waals surface area contributed by atoms with E-state index in [1.165, 1.54) is 22.5 Å². The van der Waals surface area contributed by atoms with Gasteiger partial charge in [0.15, 0.2) is 0 Å². The van der Waals surface area contributed by atoms with Crippen LogP contribution in [0.4, 0.5) is 13.2 Å². The third-order valence-electron chi connectivity index (χ3n) is 4.79. The minimum absolute atomic E-state index is 0.00172. The summed E-state index contributed by atoms with van der Waals surface area (Å²) in [7, 11) is 0. The Morgan fingerprint density at radius 2 is 1.94 bits per heavy atom. The molecule has 3 rings (SSSR count). The molecule has 0 radical (unpaired) electrons. The maximum atomic E-state index is 13.6. The van der Waals surface area contributed by atoms with Crippen LogP contribution in [0.25, 0.3) is 5.69 Å². The van der Waals surface area contributed by atoms with Crippen molar-refractivity contribution in [1.29, 1.82) is 0 Å². The highest BCUT2D eigenvalue weighted by Gasteiger charge is 2.34. The molecule has 0 bridgehead atoms. The van der Waals surface area contributed by atoms with Crippen LogP contribution < -0.4 is 5.32 Å². The van der Waals surface area contributed by atoms with Gasteiger partial charge < -0.3 is 9.84 Å². The van der Waals surface area contributed by atoms with E-state index >= 15 is 0 Å². The maximum absolute atomic E-state index is 13.6. The highest BCUT2D eigenvalue weighted by molar-refractivity contribution is 7.99. The number of nitrogens with zero attached hydrogens (tertiary/aromatic N) is 3. The molecule has 0 atom stereocenters. The lowest BCUT2D eigenvalue weighted by Gasteiger charge is -2.16. The molecule has 0 saturated heterocycles. The number of hydrogen-bond donors (Lipinski definition) is 1. The Kier molecular flexibility index (Phi) is 6.78. The molecule has 31 heavy (non-hydrogen) atoms. The molecule has 6 nitrogen and oxygen atoms in total. The lowest BCUT2D eigenvalue weighted by molar-refractivity contribution is -0.138. The second-order valence-corrected chi connectivity index (χ2v) is 8.24. The number of hydrogen-bond acceptors (Lipinski definition) is 5. The first kappa shape index (κ1) is 22.9. The summed E-state index contributed by atoms with van der Waals surface area (Å²) in [6, 6.07) is 5.81. The Balaban J connectivity index is 1.66. The summed E-state index contributed by atoms with van der Waals surface area (Å²) in [6.45, 7) is 6.96. The third kappa shape index (κ3) is 5.49. The summed E-state index contributed by atoms with van der Waals surface area (Å²) in [4.78, 5) is 12.1. The van der Waals surface area contributed by atoms with E-state index < -0.39 is 11.7 Å². The minimum atomic E-state index is -4.55. The number of nitrogens with one attached hydrogen (secondary N) is 1. The van der Waals surface area contributed by atoms with E-state index in [1.807, 2.05) is 6.92 Å². The number of carbonyl (C=O) groups is 1. The summed E-state index contributed by atoms with van der Waals surface area (Å²) in [6.07, 6.45) is -4.55. The molecular formula is C21H23F3N4O2S. The first-order chi connectivity index (χ1) is 14.6. The topological polar surface area (TPSA) is 73.0 Å². The lowest BCUT2D eigenvalue weighted by atomic mass is 10.1. The molecule has 0 saturated carbocycles. The standard InChI is InChI=1S/C21H23F3N4O2S/c1-12-7-13(2)28(26-12)17-6-5-16(19(8-17)21(22,23)24)9-25-20(29)11-31-10-18-14(3)27-30-15(18)4/h5-8H,9-11H2,1-4H3,(H,25,29). The summed E-state index contributed by atoms with van der Waals surface area (Å²) < 4.78 is 47.5. The molecule has 0 aliphatic heterocycles. The first-order valence-electron chi connectivity index (χ1n) is 9.56. The third-order valence-corrected chi connectivity index (χ3v) is 5.75. The number of aromatic nitrogens is 3. The summed E-state index contributed by atoms with van der Waals surface area (Å²) >= 11 is 1.35. The van der Waals surface area contributed by atoms with Gasteiger partial charge in [0.1, 0.15) is 5.76 Å². The van der Waals surface area contributed by atoms with Gasteiger partial charge in [-0.3, -0.25) is 4.79 Å². The molecule has 0 aliphatic carbocycles. The largest absolute Gasteiger partial charge is 0.416 e. The van der Waals surface area contributed by atoms with Gasteiger partial charge in [-0.2, -0.15) is 18.3 Å². The van der Waals surface area contributed by atoms with Crippen molar-refractivity contribution in [3.05, 3.63) is 63.8 Å². The average molecular weight is 453 g/mol. The number of carbonyl (C=O) groups excluding carboxylic acids is 1. The van der Waals surface area contributed by atoms with E-state index in [0.717, 1.165) is 28.7 Å². The predicted octanol–water partition coefficient (Wildman–Crippen LogP) is 4.66. The second-order valence-electron chi connectivity index (χ2n) is 7.25. The second kappa shape index (κ2) is 9.17. The van der Waals surface area contributed by atoms with Crippen LogP contribution in [0.15, 0.2) is 28.8 Å². The normalized spacial score (nSPS) is 11.7. The molecule has 1 N–H and O–H groups in total. The number of rotatable bonds is 7. The Hall–Kier alpha value is -2.75. The number of benzene rings is 1. The van der Waals surface area contributed by atoms with Gasteiger partial charge in [0, 0.05) is 23.6 Å². The van der Waals surface area contributed by atoms with Gasteiger partial charge in [-0.25, -0.2) is 4.68 Å². The maximum Gasteiger partial charge on any atom is 0.416 e. The number of aryl methyl sites for hydroxylation is 4. The van der Waals surface area contributed by atoms with Crippen molar-refractivity contribution < 1.29 is 22.5 Å². The molecule has 3 aromatic rings. The molecule has 1 aromatic carbocycles. The molecule has 0 spiro atoms. The number of alkyl halides is 3. The van der Waals surface area contributed by atoms with Crippen LogP contribution in [0.1, 0.15) is 39.5 Å². The van der Waals surface area contributed by atoms with Gasteiger partial charge in [-0.05, 0) is 51.5 Å². The smallest absolute Gasteiger partial charge is 0.361 e. The zero-order valence-electron chi connectivity index (χ0n) is 17.6. The van der Waals surface area contributed by atoms with Crippen molar-refractivity contribution in [3.63, 3.8) is 0 Å². The van der Waals surface area contributed by atoms with E-state index in [1.54, 1.807) is 32.9 Å². The fraction of sp³-hybridized carbons (Fsp3) is 0.381. The quantitative estimate of drug-likeness (QED) is 0.564. The van der Waals surface area contributed by atoms with Crippen molar-refractivity contribution >= 4 is 17.7 Å². The van der Waals surface area contributed by atoms with E-state index in [4.69, 9.17) is 4.52 Å². The van der Waals surface area contributed by atoms with Crippen LogP contribution in [-0.2, 0) is 23.3 Å². The molecular weight excluding hydrogens is 429 g/mol. The predicted molar refractivity (Wildman–Crippen MR) is 112 cm³/mol. The highest BCUT2D eigenvalue weighted by Crippen LogP contribution is 2.33. The van der Waals surface area contributed by atoms with E-state index in [0.29, 0.717) is 17.2 Å². The average Bonchev–Trinajstić information content (AvgIpc) is 3.20. The molecule has 0 fully saturated rings. The summed E-state index contributed by atoms with van der Waals surface area (Å²) in [5.41, 5.74) is 2.68. The molecule has 1 amide bonds. The Labute approximate surface area is 182 Å². The van der Waals surface area contributed by atoms with Crippen molar-refractivity contribution in [2.75, 3.05) is 5.75 Å². The fourth-order valence-corrected chi connectivity index (χ4v) is 4.21. The van der Waals surface area contributed by atoms with Crippen molar-refractivity contribution in [3.8, 4) is 5.69 Å². The van der Waals surface area contributed by atoms with Crippen LogP contribution >= 0.6 is 11.8 Å². The number of thioether (sulfide) groups is 1. The zero-order valence-corrected chi connectivity index (χ0v) is 18.4. The fourth-order valence-electron chi connectivity index (χ4n) is 3.20.